The van der Waals surface area contributed by atoms with E-state index in [9.17, 15) is 4.39 Å². The van der Waals surface area contributed by atoms with Gasteiger partial charge in [-0.25, -0.2) is 18.7 Å². The molecule has 0 amide bonds. The molecule has 1 unspecified atom stereocenters. The van der Waals surface area contributed by atoms with Crippen LogP contribution < -0.4 is 21.7 Å². The van der Waals surface area contributed by atoms with Crippen LogP contribution in [-0.2, 0) is 12.8 Å². The second-order valence-corrected chi connectivity index (χ2v) is 11.2. The van der Waals surface area contributed by atoms with Crippen molar-refractivity contribution < 1.29 is 8.78 Å². The van der Waals surface area contributed by atoms with Gasteiger partial charge in [0.1, 0.15) is 0 Å². The van der Waals surface area contributed by atoms with Gasteiger partial charge < -0.3 is 21.7 Å². The van der Waals surface area contributed by atoms with Crippen molar-refractivity contribution in [3.8, 4) is 11.3 Å². The minimum absolute atomic E-state index is 0.0908. The molecule has 244 valence electrons. The zero-order chi connectivity index (χ0) is 33.8. The number of hydrogen-bond acceptors (Lipinski definition) is 6. The number of imidazole rings is 1. The highest BCUT2D eigenvalue weighted by Gasteiger charge is 2.19. The van der Waals surface area contributed by atoms with Crippen molar-refractivity contribution >= 4 is 22.8 Å². The molecule has 5 N–H and O–H groups in total. The number of fused-ring (bicyclic) bond motifs is 1. The number of allylic oxidation sites excluding steroid dienone is 2. The van der Waals surface area contributed by atoms with Gasteiger partial charge in [0, 0.05) is 59.7 Å². The van der Waals surface area contributed by atoms with Gasteiger partial charge in [0.25, 0.3) is 0 Å². The zero-order valence-corrected chi connectivity index (χ0v) is 27.5. The predicted octanol–water partition coefficient (Wildman–Crippen LogP) is 7.94. The van der Waals surface area contributed by atoms with Crippen molar-refractivity contribution in [2.45, 2.75) is 53.0 Å². The van der Waals surface area contributed by atoms with Crippen molar-refractivity contribution in [2.75, 3.05) is 18.4 Å². The molecule has 2 heterocycles. The number of benzene rings is 2. The van der Waals surface area contributed by atoms with Crippen LogP contribution in [0.3, 0.4) is 0 Å². The molecule has 4 aromatic rings. The Bertz CT molecular complexity index is 1670. The summed E-state index contributed by atoms with van der Waals surface area (Å²) in [5.41, 5.74) is 12.1. The van der Waals surface area contributed by atoms with Crippen LogP contribution >= 0.6 is 0 Å². The molecule has 0 spiro atoms. The molecule has 0 radical (unpaired) electrons. The number of rotatable bonds is 15. The number of aryl methyl sites for hydroxylation is 2. The highest BCUT2D eigenvalue weighted by atomic mass is 19.2. The van der Waals surface area contributed by atoms with Crippen molar-refractivity contribution in [2.24, 2.45) is 11.7 Å². The summed E-state index contributed by atoms with van der Waals surface area (Å²) in [7, 11) is 0. The lowest BCUT2D eigenvalue weighted by molar-refractivity contribution is 0.501. The lowest BCUT2D eigenvalue weighted by atomic mass is 10.0. The SMILES string of the molecule is C=CC.C=CCCc1ccc(-c2cnc3c(Nc4ccc(C(=C)NCCNC(=C)C(N)C(C)C)c(CC)c4)nccn23)c(F)c1F. The molecule has 0 fully saturated rings. The molecule has 1 atom stereocenters. The number of anilines is 2. The van der Waals surface area contributed by atoms with Gasteiger partial charge in [0.2, 0.25) is 0 Å². The fourth-order valence-corrected chi connectivity index (χ4v) is 4.89. The van der Waals surface area contributed by atoms with E-state index in [2.05, 4.69) is 79.1 Å². The van der Waals surface area contributed by atoms with Crippen LogP contribution in [0.2, 0.25) is 0 Å². The van der Waals surface area contributed by atoms with E-state index in [0.29, 0.717) is 54.6 Å². The number of hydrogen-bond donors (Lipinski definition) is 4. The molecule has 2 aromatic heterocycles. The summed E-state index contributed by atoms with van der Waals surface area (Å²) >= 11 is 0. The maximum Gasteiger partial charge on any atom is 0.180 e. The summed E-state index contributed by atoms with van der Waals surface area (Å²) in [4.78, 5) is 8.96. The van der Waals surface area contributed by atoms with Crippen LogP contribution in [0.25, 0.3) is 22.6 Å². The third kappa shape index (κ3) is 8.69. The van der Waals surface area contributed by atoms with Crippen LogP contribution in [-0.4, -0.2) is 33.5 Å². The van der Waals surface area contributed by atoms with E-state index in [4.69, 9.17) is 5.73 Å². The number of nitrogens with two attached hydrogens (primary N) is 1. The summed E-state index contributed by atoms with van der Waals surface area (Å²) in [5.74, 6) is -0.930. The van der Waals surface area contributed by atoms with Gasteiger partial charge in [-0.2, -0.15) is 0 Å². The fourth-order valence-electron chi connectivity index (χ4n) is 4.89. The van der Waals surface area contributed by atoms with Gasteiger partial charge in [-0.3, -0.25) is 4.40 Å². The number of halogens is 2. The second-order valence-electron chi connectivity index (χ2n) is 11.2. The Labute approximate surface area is 272 Å². The molecule has 46 heavy (non-hydrogen) atoms. The van der Waals surface area contributed by atoms with E-state index in [1.807, 2.05) is 19.1 Å². The second kappa shape index (κ2) is 17.1. The molecule has 2 aromatic carbocycles. The van der Waals surface area contributed by atoms with E-state index in [1.54, 1.807) is 41.1 Å². The van der Waals surface area contributed by atoms with Crippen molar-refractivity contribution in [3.63, 3.8) is 0 Å². The minimum Gasteiger partial charge on any atom is -0.386 e. The smallest absolute Gasteiger partial charge is 0.180 e. The van der Waals surface area contributed by atoms with Gasteiger partial charge in [0.15, 0.2) is 23.1 Å². The Morgan fingerprint density at radius 3 is 2.41 bits per heavy atom. The highest BCUT2D eigenvalue weighted by Crippen LogP contribution is 2.30. The first-order valence-electron chi connectivity index (χ1n) is 15.6. The van der Waals surface area contributed by atoms with Gasteiger partial charge in [-0.15, -0.1) is 13.2 Å². The van der Waals surface area contributed by atoms with E-state index in [0.717, 1.165) is 34.6 Å². The van der Waals surface area contributed by atoms with Gasteiger partial charge in [0.05, 0.1) is 11.9 Å². The summed E-state index contributed by atoms with van der Waals surface area (Å²) in [5, 5.41) is 10.0. The molecule has 7 nitrogen and oxygen atoms in total. The Morgan fingerprint density at radius 2 is 1.74 bits per heavy atom. The molecule has 9 heteroatoms. The third-order valence-electron chi connectivity index (χ3n) is 7.49. The molecule has 0 aliphatic heterocycles. The van der Waals surface area contributed by atoms with Crippen LogP contribution in [0.4, 0.5) is 20.3 Å². The van der Waals surface area contributed by atoms with E-state index in [-0.39, 0.29) is 11.6 Å². The van der Waals surface area contributed by atoms with Gasteiger partial charge in [-0.05, 0) is 61.4 Å². The van der Waals surface area contributed by atoms with Crippen LogP contribution in [0.1, 0.15) is 50.8 Å². The van der Waals surface area contributed by atoms with E-state index < -0.39 is 11.6 Å². The highest BCUT2D eigenvalue weighted by molar-refractivity contribution is 5.76. The molecule has 4 rings (SSSR count). The third-order valence-corrected chi connectivity index (χ3v) is 7.49. The Balaban J connectivity index is 0.00000185. The van der Waals surface area contributed by atoms with Crippen LogP contribution in [0.15, 0.2) is 93.1 Å². The van der Waals surface area contributed by atoms with Crippen molar-refractivity contribution in [1.29, 1.82) is 0 Å². The predicted molar refractivity (Wildman–Crippen MR) is 189 cm³/mol. The molecule has 0 aliphatic rings. The van der Waals surface area contributed by atoms with Crippen molar-refractivity contribution in [1.82, 2.24) is 25.0 Å². The average molecular weight is 628 g/mol. The lowest BCUT2D eigenvalue weighted by Crippen LogP contribution is -2.37. The maximum atomic E-state index is 15.1. The zero-order valence-electron chi connectivity index (χ0n) is 27.5. The van der Waals surface area contributed by atoms with Crippen LogP contribution in [0.5, 0.6) is 0 Å². The minimum atomic E-state index is -0.897. The monoisotopic (exact) mass is 627 g/mol. The summed E-state index contributed by atoms with van der Waals surface area (Å²) in [6.07, 6.45) is 10.0. The van der Waals surface area contributed by atoms with Gasteiger partial charge in [-0.1, -0.05) is 58.2 Å². The Morgan fingerprint density at radius 1 is 1.02 bits per heavy atom. The van der Waals surface area contributed by atoms with Gasteiger partial charge >= 0.3 is 0 Å². The molecule has 0 bridgehead atoms. The fraction of sp³-hybridized carbons (Fsp3) is 0.297. The largest absolute Gasteiger partial charge is 0.386 e. The normalized spacial score (nSPS) is 11.4. The lowest BCUT2D eigenvalue weighted by Gasteiger charge is -2.21. The molecule has 0 aliphatic carbocycles. The Kier molecular flexibility index (Phi) is 13.3. The summed E-state index contributed by atoms with van der Waals surface area (Å²) < 4.78 is 31.6. The van der Waals surface area contributed by atoms with Crippen LogP contribution in [0, 0.1) is 17.6 Å². The molecule has 0 saturated carbocycles. The van der Waals surface area contributed by atoms with E-state index in [1.165, 1.54) is 6.20 Å². The molecule has 0 saturated heterocycles. The van der Waals surface area contributed by atoms with E-state index >= 15 is 4.39 Å². The molecular formula is C37H47F2N7. The number of nitrogens with one attached hydrogen (secondary N) is 3. The first-order chi connectivity index (χ1) is 22.1. The topological polar surface area (TPSA) is 92.3 Å². The first-order valence-corrected chi connectivity index (χ1v) is 15.6. The molecular weight excluding hydrogens is 580 g/mol. The maximum absolute atomic E-state index is 15.1. The van der Waals surface area contributed by atoms with Crippen molar-refractivity contribution in [3.05, 3.63) is 121 Å². The first kappa shape index (κ1) is 35.7. The average Bonchev–Trinajstić information content (AvgIpc) is 3.48. The Hall–Kier alpha value is -4.76. The number of aromatic nitrogens is 3. The number of nitrogens with zero attached hydrogens (tertiary/aromatic N) is 3. The standard InChI is InChI=1S/C34H41F2N7.C3H6/c1-7-9-10-25-11-13-28(31(36)30(25)35)29-20-41-34-33(40-17-18-43(29)34)42-26-12-14-27(24(8-2)19-26)22(5)38-15-16-39-23(6)32(37)21(3)4;1-3-2/h7,11-14,17-21,32,38-39H,1,5-6,8-10,15-16,37H2,2-4H3,(H,40,42);3H,1H2,2H3. The quantitative estimate of drug-likeness (QED) is 0.0790. The summed E-state index contributed by atoms with van der Waals surface area (Å²) in [6, 6.07) is 9.13. The summed E-state index contributed by atoms with van der Waals surface area (Å²) in [6.45, 7) is 24.8.